The highest BCUT2D eigenvalue weighted by Gasteiger charge is 2.40. The molecule has 5 nitrogen and oxygen atoms in total. The van der Waals surface area contributed by atoms with Gasteiger partial charge in [-0.25, -0.2) is 13.2 Å². The van der Waals surface area contributed by atoms with Crippen LogP contribution in [0.25, 0.3) is 16.7 Å². The predicted molar refractivity (Wildman–Crippen MR) is 121 cm³/mol. The second-order valence-electron chi connectivity index (χ2n) is 8.89. The van der Waals surface area contributed by atoms with Crippen LogP contribution in [0.5, 0.6) is 0 Å². The van der Waals surface area contributed by atoms with Crippen LogP contribution in [-0.4, -0.2) is 32.0 Å². The minimum atomic E-state index is -2.94. The fourth-order valence-corrected chi connectivity index (χ4v) is 4.05. The summed E-state index contributed by atoms with van der Waals surface area (Å²) in [6.45, 7) is 4.39. The van der Waals surface area contributed by atoms with E-state index in [0.717, 1.165) is 31.0 Å². The molecule has 0 amide bonds. The zero-order chi connectivity index (χ0) is 23.4. The third-order valence-electron chi connectivity index (χ3n) is 6.32. The first-order valence-corrected chi connectivity index (χ1v) is 10.8. The number of aromatic nitrogens is 4. The molecule has 1 aliphatic rings. The van der Waals surface area contributed by atoms with Gasteiger partial charge in [-0.1, -0.05) is 24.0 Å². The second-order valence-corrected chi connectivity index (χ2v) is 8.89. The lowest BCUT2D eigenvalue weighted by molar-refractivity contribution is -0.0585. The van der Waals surface area contributed by atoms with Gasteiger partial charge in [0, 0.05) is 24.7 Å². The molecule has 0 fully saturated rings. The molecule has 0 aliphatic carbocycles. The molecule has 3 heterocycles. The quantitative estimate of drug-likeness (QED) is 0.378. The molecule has 0 saturated heterocycles. The van der Waals surface area contributed by atoms with E-state index in [1.54, 1.807) is 16.5 Å². The Morgan fingerprint density at radius 2 is 1.85 bits per heavy atom. The Labute approximate surface area is 189 Å². The Morgan fingerprint density at radius 3 is 2.64 bits per heavy atom. The highest BCUT2D eigenvalue weighted by molar-refractivity contribution is 5.94. The van der Waals surface area contributed by atoms with Crippen LogP contribution in [0.15, 0.2) is 42.7 Å². The van der Waals surface area contributed by atoms with E-state index in [9.17, 15) is 8.78 Å². The highest BCUT2D eigenvalue weighted by atomic mass is 19.3. The minimum Gasteiger partial charge on any atom is -0.325 e. The highest BCUT2D eigenvalue weighted by Crippen LogP contribution is 2.39. The minimum absolute atomic E-state index is 0.373. The van der Waals surface area contributed by atoms with E-state index in [2.05, 4.69) is 27.0 Å². The second kappa shape index (κ2) is 7.48. The smallest absolute Gasteiger partial charge is 0.261 e. The molecule has 33 heavy (non-hydrogen) atoms. The van der Waals surface area contributed by atoms with Gasteiger partial charge in [0.05, 0.1) is 16.3 Å². The van der Waals surface area contributed by atoms with Crippen molar-refractivity contribution in [1.29, 1.82) is 0 Å². The molecule has 0 unspecified atom stereocenters. The van der Waals surface area contributed by atoms with Crippen molar-refractivity contribution in [1.82, 2.24) is 19.6 Å². The Bertz CT molecular complexity index is 1440. The maximum atomic E-state index is 15.0. The number of hydrogen-bond donors (Lipinski definition) is 0. The summed E-state index contributed by atoms with van der Waals surface area (Å²) in [6, 6.07) is 10.5. The first-order chi connectivity index (χ1) is 15.7. The van der Waals surface area contributed by atoms with E-state index in [1.165, 1.54) is 26.2 Å². The SMILES string of the molecule is CC(F)(F)C(C)(C)C#Cc1cccc2c1CCCN2c1nc2nncn2c2cccc(F)c12. The summed E-state index contributed by atoms with van der Waals surface area (Å²) >= 11 is 0. The molecule has 0 radical (unpaired) electrons. The molecule has 0 spiro atoms. The summed E-state index contributed by atoms with van der Waals surface area (Å²) in [5.41, 5.74) is 1.64. The van der Waals surface area contributed by atoms with Crippen LogP contribution in [0.3, 0.4) is 0 Å². The zero-order valence-corrected chi connectivity index (χ0v) is 18.5. The predicted octanol–water partition coefficient (Wildman–Crippen LogP) is 5.53. The standard InChI is InChI=1S/C25H22F3N5/c1-24(2,25(3,27)28)13-12-16-7-4-10-19-17(16)8-6-14-32(19)22-21-18(26)9-5-11-20(21)33-15-29-31-23(33)30-22/h4-5,7,9-11,15H,6,8,14H2,1-3H3. The van der Waals surface area contributed by atoms with Gasteiger partial charge in [-0.2, -0.15) is 4.98 Å². The molecule has 0 saturated carbocycles. The van der Waals surface area contributed by atoms with Crippen LogP contribution < -0.4 is 4.90 Å². The number of benzene rings is 2. The Morgan fingerprint density at radius 1 is 1.06 bits per heavy atom. The zero-order valence-electron chi connectivity index (χ0n) is 18.5. The van der Waals surface area contributed by atoms with Gasteiger partial charge in [0.2, 0.25) is 0 Å². The number of rotatable bonds is 2. The summed E-state index contributed by atoms with van der Waals surface area (Å²) < 4.78 is 44.6. The lowest BCUT2D eigenvalue weighted by Crippen LogP contribution is -2.31. The topological polar surface area (TPSA) is 46.3 Å². The number of fused-ring (bicyclic) bond motifs is 4. The van der Waals surface area contributed by atoms with Crippen LogP contribution in [0.1, 0.15) is 38.3 Å². The first kappa shape index (κ1) is 21.3. The van der Waals surface area contributed by atoms with Crippen LogP contribution in [0.2, 0.25) is 0 Å². The van der Waals surface area contributed by atoms with Crippen molar-refractivity contribution in [2.45, 2.75) is 39.5 Å². The van der Waals surface area contributed by atoms with Gasteiger partial charge in [0.15, 0.2) is 0 Å². The normalized spacial score (nSPS) is 14.3. The summed E-state index contributed by atoms with van der Waals surface area (Å²) in [7, 11) is 0. The lowest BCUT2D eigenvalue weighted by Gasteiger charge is -2.32. The molecular formula is C25H22F3N5. The van der Waals surface area contributed by atoms with Gasteiger partial charge < -0.3 is 4.90 Å². The van der Waals surface area contributed by atoms with Crippen molar-refractivity contribution in [2.24, 2.45) is 5.41 Å². The fraction of sp³-hybridized carbons (Fsp3) is 0.320. The average Bonchev–Trinajstić information content (AvgIpc) is 3.25. The number of nitrogens with zero attached hydrogens (tertiary/aromatic N) is 5. The van der Waals surface area contributed by atoms with E-state index in [-0.39, 0.29) is 5.82 Å². The lowest BCUT2D eigenvalue weighted by atomic mass is 9.86. The Hall–Kier alpha value is -3.60. The molecule has 168 valence electrons. The van der Waals surface area contributed by atoms with Crippen molar-refractivity contribution >= 4 is 28.2 Å². The third kappa shape index (κ3) is 3.48. The Kier molecular flexibility index (Phi) is 4.82. The number of hydrogen-bond acceptors (Lipinski definition) is 4. The summed E-state index contributed by atoms with van der Waals surface area (Å²) in [4.78, 5) is 6.60. The van der Waals surface area contributed by atoms with E-state index >= 15 is 4.39 Å². The monoisotopic (exact) mass is 449 g/mol. The number of alkyl halides is 2. The van der Waals surface area contributed by atoms with Crippen molar-refractivity contribution in [2.75, 3.05) is 11.4 Å². The van der Waals surface area contributed by atoms with Crippen molar-refractivity contribution in [3.63, 3.8) is 0 Å². The molecule has 1 aliphatic heterocycles. The molecule has 0 bridgehead atoms. The average molecular weight is 449 g/mol. The van der Waals surface area contributed by atoms with Crippen LogP contribution in [0, 0.1) is 23.1 Å². The van der Waals surface area contributed by atoms with Crippen molar-refractivity contribution < 1.29 is 13.2 Å². The molecule has 2 aromatic heterocycles. The van der Waals surface area contributed by atoms with Gasteiger partial charge in [0.25, 0.3) is 11.7 Å². The first-order valence-electron chi connectivity index (χ1n) is 10.8. The summed E-state index contributed by atoms with van der Waals surface area (Å²) in [6.07, 6.45) is 3.04. The van der Waals surface area contributed by atoms with Crippen molar-refractivity contribution in [3.05, 3.63) is 59.7 Å². The third-order valence-corrected chi connectivity index (χ3v) is 6.32. The molecule has 0 atom stereocenters. The molecule has 0 N–H and O–H groups in total. The molecule has 2 aromatic carbocycles. The van der Waals surface area contributed by atoms with E-state index < -0.39 is 11.3 Å². The van der Waals surface area contributed by atoms with Crippen molar-refractivity contribution in [3.8, 4) is 11.8 Å². The fourth-order valence-electron chi connectivity index (χ4n) is 4.05. The van der Waals surface area contributed by atoms with E-state index in [0.29, 0.717) is 34.6 Å². The molecule has 8 heteroatoms. The van der Waals surface area contributed by atoms with E-state index in [4.69, 9.17) is 0 Å². The molecule has 5 rings (SSSR count). The van der Waals surface area contributed by atoms with Crippen LogP contribution >= 0.6 is 0 Å². The van der Waals surface area contributed by atoms with Gasteiger partial charge in [-0.3, -0.25) is 4.40 Å². The van der Waals surface area contributed by atoms with Gasteiger partial charge >= 0.3 is 0 Å². The number of anilines is 2. The summed E-state index contributed by atoms with van der Waals surface area (Å²) in [5, 5.41) is 8.36. The van der Waals surface area contributed by atoms with Crippen LogP contribution in [-0.2, 0) is 6.42 Å². The molecule has 4 aromatic rings. The number of halogens is 3. The van der Waals surface area contributed by atoms with Gasteiger partial charge in [0.1, 0.15) is 18.0 Å². The Balaban J connectivity index is 1.68. The van der Waals surface area contributed by atoms with Gasteiger partial charge in [-0.15, -0.1) is 10.2 Å². The molecular weight excluding hydrogens is 427 g/mol. The maximum Gasteiger partial charge on any atom is 0.261 e. The van der Waals surface area contributed by atoms with Gasteiger partial charge in [-0.05, 0) is 56.5 Å². The van der Waals surface area contributed by atoms with Crippen LogP contribution in [0.4, 0.5) is 24.7 Å². The summed E-state index contributed by atoms with van der Waals surface area (Å²) in [5.74, 6) is 3.25. The maximum absolute atomic E-state index is 15.0. The van der Waals surface area contributed by atoms with E-state index in [1.807, 2.05) is 23.1 Å². The largest absolute Gasteiger partial charge is 0.325 e.